The van der Waals surface area contributed by atoms with Gasteiger partial charge in [0.15, 0.2) is 11.5 Å². The van der Waals surface area contributed by atoms with Crippen molar-refractivity contribution in [1.82, 2.24) is 0 Å². The predicted octanol–water partition coefficient (Wildman–Crippen LogP) is 5.79. The van der Waals surface area contributed by atoms with Crippen LogP contribution in [-0.2, 0) is 4.79 Å². The average Bonchev–Trinajstić information content (AvgIpc) is 3.08. The number of aliphatic hydroxyl groups excluding tert-OH is 1. The van der Waals surface area contributed by atoms with Crippen LogP contribution >= 0.6 is 11.3 Å². The van der Waals surface area contributed by atoms with Crippen LogP contribution in [0.15, 0.2) is 57.7 Å². The summed E-state index contributed by atoms with van der Waals surface area (Å²) in [4.78, 5) is 11.5. The molecule has 0 atom stereocenters. The highest BCUT2D eigenvalue weighted by Gasteiger charge is 2.43. The van der Waals surface area contributed by atoms with Crippen molar-refractivity contribution in [3.05, 3.63) is 52.4 Å². The maximum Gasteiger partial charge on any atom is 0.573 e. The Bertz CT molecular complexity index is 855. The van der Waals surface area contributed by atoms with Gasteiger partial charge < -0.3 is 9.84 Å². The van der Waals surface area contributed by atoms with Gasteiger partial charge >= 0.3 is 12.5 Å². The number of alkyl halides is 6. The number of benzene rings is 1. The molecule has 0 saturated carbocycles. The zero-order chi connectivity index (χ0) is 20.2. The first-order valence-electron chi connectivity index (χ1n) is 6.83. The largest absolute Gasteiger partial charge is 0.573 e. The van der Waals surface area contributed by atoms with E-state index in [2.05, 4.69) is 15.0 Å². The molecule has 0 radical (unpaired) electrons. The van der Waals surface area contributed by atoms with E-state index < -0.39 is 35.5 Å². The molecule has 0 bridgehead atoms. The molecule has 0 aliphatic carbocycles. The Balaban J connectivity index is 2.33. The van der Waals surface area contributed by atoms with Gasteiger partial charge in [-0.05, 0) is 35.7 Å². The Morgan fingerprint density at radius 3 is 2.15 bits per heavy atom. The van der Waals surface area contributed by atoms with Crippen LogP contribution in [-0.4, -0.2) is 23.4 Å². The van der Waals surface area contributed by atoms with Gasteiger partial charge in [0, 0.05) is 0 Å². The molecule has 2 aromatic rings. The summed E-state index contributed by atoms with van der Waals surface area (Å²) < 4.78 is 78.0. The van der Waals surface area contributed by atoms with Gasteiger partial charge in [-0.15, -0.1) is 29.6 Å². The molecule has 0 saturated heterocycles. The molecule has 5 nitrogen and oxygen atoms in total. The number of thiophene rings is 1. The highest BCUT2D eigenvalue weighted by molar-refractivity contribution is 7.11. The van der Waals surface area contributed by atoms with E-state index in [0.717, 1.165) is 35.6 Å². The van der Waals surface area contributed by atoms with Crippen molar-refractivity contribution in [2.24, 2.45) is 10.2 Å². The number of rotatable bonds is 5. The highest BCUT2D eigenvalue weighted by atomic mass is 32.1. The van der Waals surface area contributed by atoms with E-state index in [4.69, 9.17) is 0 Å². The first kappa shape index (κ1) is 20.4. The van der Waals surface area contributed by atoms with Crippen LogP contribution in [0.5, 0.6) is 5.75 Å². The fourth-order valence-electron chi connectivity index (χ4n) is 1.69. The second-order valence-corrected chi connectivity index (χ2v) is 5.69. The standard InChI is InChI=1S/C15H8F6N2O3S/c16-14(17,18)13(25)11(12(24)10-2-1-7-27-10)23-22-8-3-5-9(6-4-8)26-15(19,20)21/h1-7,24H/b12-11-,23-22?. The Morgan fingerprint density at radius 1 is 1.04 bits per heavy atom. The number of hydrogen-bond donors (Lipinski definition) is 1. The van der Waals surface area contributed by atoms with Gasteiger partial charge in [-0.1, -0.05) is 6.07 Å². The third-order valence-electron chi connectivity index (χ3n) is 2.79. The van der Waals surface area contributed by atoms with Crippen molar-refractivity contribution in [2.45, 2.75) is 12.5 Å². The lowest BCUT2D eigenvalue weighted by molar-refractivity contribution is -0.274. The minimum atomic E-state index is -5.32. The lowest BCUT2D eigenvalue weighted by atomic mass is 10.2. The average molecular weight is 410 g/mol. The Morgan fingerprint density at radius 2 is 1.67 bits per heavy atom. The molecule has 1 aromatic carbocycles. The van der Waals surface area contributed by atoms with Crippen molar-refractivity contribution < 1.29 is 41.0 Å². The number of carbonyl (C=O) groups is 1. The summed E-state index contributed by atoms with van der Waals surface area (Å²) in [5.41, 5.74) is -1.52. The van der Waals surface area contributed by atoms with Crippen LogP contribution in [0.1, 0.15) is 4.88 Å². The maximum absolute atomic E-state index is 12.7. The van der Waals surface area contributed by atoms with E-state index in [1.54, 1.807) is 0 Å². The molecule has 0 aliphatic rings. The second-order valence-electron chi connectivity index (χ2n) is 4.74. The molecular weight excluding hydrogens is 402 g/mol. The smallest absolute Gasteiger partial charge is 0.504 e. The zero-order valence-corrected chi connectivity index (χ0v) is 13.7. The minimum Gasteiger partial charge on any atom is -0.504 e. The molecule has 27 heavy (non-hydrogen) atoms. The molecule has 0 amide bonds. The normalized spacial score (nSPS) is 13.6. The second kappa shape index (κ2) is 7.78. The van der Waals surface area contributed by atoms with Crippen LogP contribution in [0.25, 0.3) is 5.76 Å². The van der Waals surface area contributed by atoms with Crippen LogP contribution in [0.2, 0.25) is 0 Å². The van der Waals surface area contributed by atoms with Crippen molar-refractivity contribution in [3.8, 4) is 5.75 Å². The highest BCUT2D eigenvalue weighted by Crippen LogP contribution is 2.30. The van der Waals surface area contributed by atoms with Gasteiger partial charge in [0.05, 0.1) is 10.6 Å². The van der Waals surface area contributed by atoms with Gasteiger partial charge in [-0.2, -0.15) is 18.3 Å². The van der Waals surface area contributed by atoms with Gasteiger partial charge in [0.1, 0.15) is 5.75 Å². The number of hydrogen-bond acceptors (Lipinski definition) is 6. The number of nitrogens with zero attached hydrogens (tertiary/aromatic N) is 2. The third-order valence-corrected chi connectivity index (χ3v) is 3.66. The van der Waals surface area contributed by atoms with E-state index in [0.29, 0.717) is 0 Å². The number of Topliss-reactive ketones (excluding diaryl/α,β-unsaturated/α-hetero) is 1. The third kappa shape index (κ3) is 5.81. The van der Waals surface area contributed by atoms with Gasteiger partial charge in [0.2, 0.25) is 0 Å². The summed E-state index contributed by atoms with van der Waals surface area (Å²) >= 11 is 0.864. The van der Waals surface area contributed by atoms with Crippen molar-refractivity contribution >= 4 is 28.6 Å². The number of ether oxygens (including phenoxy) is 1. The first-order valence-corrected chi connectivity index (χ1v) is 7.71. The maximum atomic E-state index is 12.7. The Labute approximate surface area is 151 Å². The van der Waals surface area contributed by atoms with Crippen molar-refractivity contribution in [2.75, 3.05) is 0 Å². The lowest BCUT2D eigenvalue weighted by Gasteiger charge is -2.08. The number of carbonyl (C=O) groups excluding carboxylic acids is 1. The lowest BCUT2D eigenvalue weighted by Crippen LogP contribution is -2.24. The number of aliphatic hydroxyl groups is 1. The van der Waals surface area contributed by atoms with Crippen LogP contribution in [0.4, 0.5) is 32.0 Å². The van der Waals surface area contributed by atoms with Crippen LogP contribution < -0.4 is 4.74 Å². The number of azo groups is 1. The van der Waals surface area contributed by atoms with E-state index in [1.165, 1.54) is 17.5 Å². The molecular formula is C15H8F6N2O3S. The number of ketones is 1. The fraction of sp³-hybridized carbons (Fsp3) is 0.133. The van der Waals surface area contributed by atoms with E-state index in [9.17, 15) is 36.2 Å². The molecule has 12 heteroatoms. The SMILES string of the molecule is O=C(/C(N=Nc1ccc(OC(F)(F)F)cc1)=C(/O)c1cccs1)C(F)(F)F. The van der Waals surface area contributed by atoms with Gasteiger partial charge in [0.25, 0.3) is 5.78 Å². The monoisotopic (exact) mass is 410 g/mol. The van der Waals surface area contributed by atoms with Gasteiger partial charge in [-0.3, -0.25) is 4.79 Å². The molecule has 144 valence electrons. The summed E-state index contributed by atoms with van der Waals surface area (Å²) in [6.45, 7) is 0. The topological polar surface area (TPSA) is 71.2 Å². The summed E-state index contributed by atoms with van der Waals surface area (Å²) in [5, 5.41) is 17.9. The molecule has 0 unspecified atom stereocenters. The Kier molecular flexibility index (Phi) is 5.88. The molecule has 0 fully saturated rings. The van der Waals surface area contributed by atoms with Crippen molar-refractivity contribution in [3.63, 3.8) is 0 Å². The molecule has 1 aromatic heterocycles. The van der Waals surface area contributed by atoms with Crippen LogP contribution in [0.3, 0.4) is 0 Å². The quantitative estimate of drug-likeness (QED) is 0.294. The summed E-state index contributed by atoms with van der Waals surface area (Å²) in [5.74, 6) is -4.02. The molecule has 2 rings (SSSR count). The van der Waals surface area contributed by atoms with Crippen molar-refractivity contribution in [1.29, 1.82) is 0 Å². The van der Waals surface area contributed by atoms with E-state index in [-0.39, 0.29) is 10.6 Å². The molecule has 1 heterocycles. The fourth-order valence-corrected chi connectivity index (χ4v) is 2.36. The predicted molar refractivity (Wildman–Crippen MR) is 82.6 cm³/mol. The molecule has 1 N–H and O–H groups in total. The van der Waals surface area contributed by atoms with Gasteiger partial charge in [-0.25, -0.2) is 0 Å². The summed E-state index contributed by atoms with van der Waals surface area (Å²) in [6.07, 6.45) is -10.2. The number of halogens is 6. The van der Waals surface area contributed by atoms with E-state index in [1.807, 2.05) is 0 Å². The Hall–Kier alpha value is -2.89. The zero-order valence-electron chi connectivity index (χ0n) is 12.9. The van der Waals surface area contributed by atoms with Crippen LogP contribution in [0, 0.1) is 0 Å². The summed E-state index contributed by atoms with van der Waals surface area (Å²) in [7, 11) is 0. The summed E-state index contributed by atoms with van der Waals surface area (Å²) in [6, 6.07) is 6.36. The number of allylic oxidation sites excluding steroid dienone is 1. The van der Waals surface area contributed by atoms with E-state index >= 15 is 0 Å². The molecule has 0 aliphatic heterocycles. The minimum absolute atomic E-state index is 0.0459. The molecule has 0 spiro atoms. The first-order chi connectivity index (χ1) is 12.5.